The second kappa shape index (κ2) is 6.95. The van der Waals surface area contributed by atoms with Crippen molar-refractivity contribution in [2.24, 2.45) is 0 Å². The molecule has 3 heteroatoms. The summed E-state index contributed by atoms with van der Waals surface area (Å²) in [4.78, 5) is 11.6. The van der Waals surface area contributed by atoms with Crippen LogP contribution in [0.1, 0.15) is 17.5 Å². The largest absolute Gasteiger partial charge is 0.461 e. The summed E-state index contributed by atoms with van der Waals surface area (Å²) in [5.41, 5.74) is 2.04. The molecule has 98 valence electrons. The Kier molecular flexibility index (Phi) is 4.99. The normalized spacial score (nSPS) is 10.2. The maximum absolute atomic E-state index is 11.6. The van der Waals surface area contributed by atoms with Gasteiger partial charge in [0.25, 0.3) is 0 Å². The Hall–Kier alpha value is -1.80. The molecule has 0 aliphatic rings. The van der Waals surface area contributed by atoms with E-state index in [1.807, 2.05) is 54.6 Å². The number of aryl methyl sites for hydroxylation is 1. The molecule has 0 atom stereocenters. The van der Waals surface area contributed by atoms with E-state index < -0.39 is 0 Å². The third-order valence-corrected chi connectivity index (χ3v) is 2.98. The van der Waals surface area contributed by atoms with Crippen molar-refractivity contribution in [1.29, 1.82) is 0 Å². The second-order valence-electron chi connectivity index (χ2n) is 4.28. The molecule has 0 radical (unpaired) electrons. The molecule has 2 aromatic carbocycles. The van der Waals surface area contributed by atoms with E-state index in [1.165, 1.54) is 0 Å². The molecule has 19 heavy (non-hydrogen) atoms. The predicted molar refractivity (Wildman–Crippen MR) is 76.0 cm³/mol. The van der Waals surface area contributed by atoms with Gasteiger partial charge in [-0.05, 0) is 29.7 Å². The summed E-state index contributed by atoms with van der Waals surface area (Å²) in [6, 6.07) is 17.2. The minimum Gasteiger partial charge on any atom is -0.461 e. The lowest BCUT2D eigenvalue weighted by Gasteiger charge is -2.05. The lowest BCUT2D eigenvalue weighted by Crippen LogP contribution is -2.05. The van der Waals surface area contributed by atoms with Gasteiger partial charge in [-0.25, -0.2) is 0 Å². The zero-order chi connectivity index (χ0) is 13.5. The van der Waals surface area contributed by atoms with Crippen molar-refractivity contribution in [3.8, 4) is 0 Å². The van der Waals surface area contributed by atoms with E-state index in [-0.39, 0.29) is 5.97 Å². The number of carbonyl (C=O) groups is 1. The summed E-state index contributed by atoms with van der Waals surface area (Å²) in [6.07, 6.45) is 1.02. The summed E-state index contributed by atoms with van der Waals surface area (Å²) in [5, 5.41) is 0.690. The van der Waals surface area contributed by atoms with Crippen LogP contribution in [0.3, 0.4) is 0 Å². The van der Waals surface area contributed by atoms with Crippen molar-refractivity contribution in [3.05, 3.63) is 70.7 Å². The fourth-order valence-electron chi connectivity index (χ4n) is 1.75. The number of carbonyl (C=O) groups excluding carboxylic acids is 1. The smallest absolute Gasteiger partial charge is 0.306 e. The van der Waals surface area contributed by atoms with E-state index >= 15 is 0 Å². The first kappa shape index (κ1) is 13.6. The molecule has 0 unspecified atom stereocenters. The first-order valence-corrected chi connectivity index (χ1v) is 6.56. The highest BCUT2D eigenvalue weighted by Crippen LogP contribution is 2.12. The molecule has 0 heterocycles. The third-order valence-electron chi connectivity index (χ3n) is 2.75. The zero-order valence-electron chi connectivity index (χ0n) is 10.5. The van der Waals surface area contributed by atoms with Gasteiger partial charge in [0, 0.05) is 11.4 Å². The molecule has 0 amide bonds. The Morgan fingerprint density at radius 2 is 1.74 bits per heavy atom. The molecule has 0 saturated carbocycles. The van der Waals surface area contributed by atoms with Crippen LogP contribution in [-0.2, 0) is 22.6 Å². The van der Waals surface area contributed by atoms with Crippen LogP contribution in [-0.4, -0.2) is 5.97 Å². The molecule has 0 aliphatic heterocycles. The van der Waals surface area contributed by atoms with Gasteiger partial charge in [-0.15, -0.1) is 0 Å². The number of esters is 1. The Bertz CT molecular complexity index is 537. The number of rotatable bonds is 5. The first-order chi connectivity index (χ1) is 9.24. The van der Waals surface area contributed by atoms with Gasteiger partial charge in [0.1, 0.15) is 6.61 Å². The summed E-state index contributed by atoms with van der Waals surface area (Å²) < 4.78 is 5.21. The number of halogens is 1. The monoisotopic (exact) mass is 274 g/mol. The minimum atomic E-state index is -0.191. The van der Waals surface area contributed by atoms with Crippen molar-refractivity contribution in [2.75, 3.05) is 0 Å². The van der Waals surface area contributed by atoms with E-state index in [1.54, 1.807) is 0 Å². The van der Waals surface area contributed by atoms with Crippen LogP contribution in [0.5, 0.6) is 0 Å². The van der Waals surface area contributed by atoms with Gasteiger partial charge in [-0.3, -0.25) is 4.79 Å². The van der Waals surface area contributed by atoms with Gasteiger partial charge in [0.05, 0.1) is 0 Å². The lowest BCUT2D eigenvalue weighted by molar-refractivity contribution is -0.144. The fourth-order valence-corrected chi connectivity index (χ4v) is 1.96. The van der Waals surface area contributed by atoms with Crippen molar-refractivity contribution in [2.45, 2.75) is 19.4 Å². The Balaban J connectivity index is 1.76. The molecule has 0 fully saturated rings. The molecular formula is C16H15ClO2. The van der Waals surface area contributed by atoms with Crippen LogP contribution in [0.2, 0.25) is 5.02 Å². The number of ether oxygens (including phenoxy) is 1. The molecule has 0 spiro atoms. The van der Waals surface area contributed by atoms with Crippen molar-refractivity contribution >= 4 is 17.6 Å². The standard InChI is InChI=1S/C16H15ClO2/c17-15-8-4-7-13(11-15)9-10-16(18)19-12-14-5-2-1-3-6-14/h1-8,11H,9-10,12H2. The van der Waals surface area contributed by atoms with Crippen LogP contribution in [0.15, 0.2) is 54.6 Å². The molecule has 2 nitrogen and oxygen atoms in total. The Labute approximate surface area is 118 Å². The summed E-state index contributed by atoms with van der Waals surface area (Å²) in [5.74, 6) is -0.191. The van der Waals surface area contributed by atoms with Gasteiger partial charge < -0.3 is 4.74 Å². The Morgan fingerprint density at radius 1 is 1.00 bits per heavy atom. The van der Waals surface area contributed by atoms with E-state index in [9.17, 15) is 4.79 Å². The van der Waals surface area contributed by atoms with Crippen molar-refractivity contribution < 1.29 is 9.53 Å². The third kappa shape index (κ3) is 4.76. The predicted octanol–water partition coefficient (Wildman–Crippen LogP) is 4.02. The second-order valence-corrected chi connectivity index (χ2v) is 4.71. The summed E-state index contributed by atoms with van der Waals surface area (Å²) >= 11 is 5.89. The number of hydrogen-bond donors (Lipinski definition) is 0. The summed E-state index contributed by atoms with van der Waals surface area (Å²) in [7, 11) is 0. The van der Waals surface area contributed by atoms with Gasteiger partial charge in [0.15, 0.2) is 0 Å². The van der Waals surface area contributed by atoms with Crippen LogP contribution in [0.4, 0.5) is 0 Å². The van der Waals surface area contributed by atoms with Gasteiger partial charge in [-0.2, -0.15) is 0 Å². The SMILES string of the molecule is O=C(CCc1cccc(Cl)c1)OCc1ccccc1. The van der Waals surface area contributed by atoms with Crippen LogP contribution in [0.25, 0.3) is 0 Å². The molecule has 2 rings (SSSR count). The topological polar surface area (TPSA) is 26.3 Å². The van der Waals surface area contributed by atoms with Gasteiger partial charge >= 0.3 is 5.97 Å². The maximum atomic E-state index is 11.6. The van der Waals surface area contributed by atoms with Crippen molar-refractivity contribution in [1.82, 2.24) is 0 Å². The van der Waals surface area contributed by atoms with Crippen LogP contribution >= 0.6 is 11.6 Å². The lowest BCUT2D eigenvalue weighted by atomic mass is 10.1. The maximum Gasteiger partial charge on any atom is 0.306 e. The number of benzene rings is 2. The molecule has 0 N–H and O–H groups in total. The zero-order valence-corrected chi connectivity index (χ0v) is 11.3. The highest BCUT2D eigenvalue weighted by atomic mass is 35.5. The fraction of sp³-hybridized carbons (Fsp3) is 0.188. The van der Waals surface area contributed by atoms with E-state index in [0.29, 0.717) is 24.5 Å². The summed E-state index contributed by atoms with van der Waals surface area (Å²) in [6.45, 7) is 0.329. The molecule has 0 saturated heterocycles. The average molecular weight is 275 g/mol. The number of hydrogen-bond acceptors (Lipinski definition) is 2. The molecule has 2 aromatic rings. The quantitative estimate of drug-likeness (QED) is 0.770. The first-order valence-electron chi connectivity index (χ1n) is 6.18. The van der Waals surface area contributed by atoms with Crippen molar-refractivity contribution in [3.63, 3.8) is 0 Å². The molecule has 0 bridgehead atoms. The highest BCUT2D eigenvalue weighted by molar-refractivity contribution is 6.30. The van der Waals surface area contributed by atoms with Crippen LogP contribution in [0, 0.1) is 0 Å². The van der Waals surface area contributed by atoms with Gasteiger partial charge in [0.2, 0.25) is 0 Å². The van der Waals surface area contributed by atoms with Gasteiger partial charge in [-0.1, -0.05) is 54.1 Å². The van der Waals surface area contributed by atoms with Crippen LogP contribution < -0.4 is 0 Å². The van der Waals surface area contributed by atoms with E-state index in [2.05, 4.69) is 0 Å². The molecule has 0 aliphatic carbocycles. The van der Waals surface area contributed by atoms with E-state index in [4.69, 9.17) is 16.3 Å². The average Bonchev–Trinajstić information content (AvgIpc) is 2.44. The highest BCUT2D eigenvalue weighted by Gasteiger charge is 2.04. The Morgan fingerprint density at radius 3 is 2.47 bits per heavy atom. The molecule has 0 aromatic heterocycles. The minimum absolute atomic E-state index is 0.191. The van der Waals surface area contributed by atoms with E-state index in [0.717, 1.165) is 11.1 Å². The molecular weight excluding hydrogens is 260 g/mol.